The van der Waals surface area contributed by atoms with Crippen LogP contribution in [0.25, 0.3) is 0 Å². The monoisotopic (exact) mass is 716 g/mol. The van der Waals surface area contributed by atoms with Crippen molar-refractivity contribution in [3.8, 4) is 0 Å². The van der Waals surface area contributed by atoms with Gasteiger partial charge in [0.05, 0.1) is 24.7 Å². The number of allylic oxidation sites excluding steroid dienone is 3. The summed E-state index contributed by atoms with van der Waals surface area (Å²) in [7, 11) is 4.74. The summed E-state index contributed by atoms with van der Waals surface area (Å²) < 4.78 is 35.6. The summed E-state index contributed by atoms with van der Waals surface area (Å²) in [6.07, 6.45) is -2.33. The number of rotatable bonds is 9. The molecule has 14 nitrogen and oxygen atoms in total. The predicted molar refractivity (Wildman–Crippen MR) is 185 cm³/mol. The fourth-order valence-electron chi connectivity index (χ4n) is 6.43. The molecule has 14 heteroatoms. The molecule has 1 fully saturated rings. The van der Waals surface area contributed by atoms with Gasteiger partial charge in [0.1, 0.15) is 36.8 Å². The Balaban J connectivity index is 2.02. The molecular weight excluding hydrogens is 664 g/mol. The van der Waals surface area contributed by atoms with Gasteiger partial charge in [-0.1, -0.05) is 43.4 Å². The normalized spacial score (nSPS) is 33.8. The Labute approximate surface area is 299 Å². The molecule has 0 bridgehead atoms. The molecule has 2 N–H and O–H groups in total. The Morgan fingerprint density at radius 2 is 1.75 bits per heavy atom. The number of hydrogen-bond donors (Lipinski definition) is 2. The van der Waals surface area contributed by atoms with E-state index in [2.05, 4.69) is 5.32 Å². The van der Waals surface area contributed by atoms with Gasteiger partial charge in [-0.2, -0.15) is 0 Å². The molecule has 0 radical (unpaired) electrons. The van der Waals surface area contributed by atoms with Crippen molar-refractivity contribution in [2.24, 2.45) is 11.8 Å². The van der Waals surface area contributed by atoms with Crippen molar-refractivity contribution in [2.45, 2.75) is 108 Å². The fraction of sp³-hybridized carbons (Fsp3) is 0.595. The van der Waals surface area contributed by atoms with Crippen LogP contribution in [-0.4, -0.2) is 116 Å². The van der Waals surface area contributed by atoms with Gasteiger partial charge in [-0.25, -0.2) is 4.79 Å². The number of aliphatic hydroxyl groups excluding tert-OH is 1. The van der Waals surface area contributed by atoms with E-state index in [1.807, 2.05) is 0 Å². The SMILES string of the molecule is COC1[C@@H](O[C@@H]2O[C@H](C)[C@@H](OC(=O)Nc3ccccc3)[C@H](N(C)C)[C@H]2O)[C@@H](CC=O)C[C@@H](C)C(=O)/C=C/C=C/C[C@@H](C)OC(=O)C[C@H]1OC(C)=O. The first kappa shape index (κ1) is 41.5. The maximum atomic E-state index is 13.1. The zero-order chi connectivity index (χ0) is 37.7. The lowest BCUT2D eigenvalue weighted by atomic mass is 9.83. The Bertz CT molecular complexity index is 1370. The van der Waals surface area contributed by atoms with Crippen molar-refractivity contribution >= 4 is 35.8 Å². The maximum absolute atomic E-state index is 13.1. The molecule has 0 aromatic heterocycles. The second kappa shape index (κ2) is 20.2. The summed E-state index contributed by atoms with van der Waals surface area (Å²) in [6, 6.07) is 7.89. The summed E-state index contributed by atoms with van der Waals surface area (Å²) in [4.78, 5) is 65.3. The van der Waals surface area contributed by atoms with Gasteiger partial charge in [0, 0.05) is 38.5 Å². The minimum Gasteiger partial charge on any atom is -0.462 e. The number of carbonyl (C=O) groups is 5. The summed E-state index contributed by atoms with van der Waals surface area (Å²) in [6.45, 7) is 6.27. The number of amides is 1. The molecule has 1 amide bonds. The number of ketones is 1. The molecule has 51 heavy (non-hydrogen) atoms. The first-order chi connectivity index (χ1) is 24.2. The lowest BCUT2D eigenvalue weighted by molar-refractivity contribution is -0.308. The number of carbonyl (C=O) groups excluding carboxylic acids is 5. The Morgan fingerprint density at radius 3 is 2.37 bits per heavy atom. The molecule has 0 saturated carbocycles. The Kier molecular flexibility index (Phi) is 16.4. The zero-order valence-corrected chi connectivity index (χ0v) is 30.3. The van der Waals surface area contributed by atoms with E-state index in [0.717, 1.165) is 0 Å². The van der Waals surface area contributed by atoms with E-state index in [9.17, 15) is 29.1 Å². The number of esters is 2. The van der Waals surface area contributed by atoms with Crippen LogP contribution in [0.1, 0.15) is 53.4 Å². The van der Waals surface area contributed by atoms with Gasteiger partial charge in [0.15, 0.2) is 12.1 Å². The molecule has 1 unspecified atom stereocenters. The van der Waals surface area contributed by atoms with E-state index in [1.165, 1.54) is 20.1 Å². The number of aldehydes is 1. The minimum absolute atomic E-state index is 0.110. The summed E-state index contributed by atoms with van der Waals surface area (Å²) in [5.41, 5.74) is 0.516. The molecule has 2 heterocycles. The lowest BCUT2D eigenvalue weighted by Crippen LogP contribution is -2.64. The van der Waals surface area contributed by atoms with E-state index in [0.29, 0.717) is 18.4 Å². The topological polar surface area (TPSA) is 176 Å². The number of methoxy groups -OCH3 is 1. The highest BCUT2D eigenvalue weighted by molar-refractivity contribution is 5.91. The minimum atomic E-state index is -1.42. The van der Waals surface area contributed by atoms with Gasteiger partial charge in [0.2, 0.25) is 0 Å². The van der Waals surface area contributed by atoms with Gasteiger partial charge < -0.3 is 43.2 Å². The lowest BCUT2D eigenvalue weighted by Gasteiger charge is -2.47. The molecule has 3 rings (SSSR count). The first-order valence-corrected chi connectivity index (χ1v) is 17.1. The molecule has 0 aliphatic carbocycles. The molecule has 1 aromatic carbocycles. The highest BCUT2D eigenvalue weighted by Crippen LogP contribution is 2.34. The van der Waals surface area contributed by atoms with Crippen molar-refractivity contribution in [1.82, 2.24) is 4.90 Å². The molecular formula is C37H52N2O12. The van der Waals surface area contributed by atoms with Crippen molar-refractivity contribution < 1.29 is 57.5 Å². The Hall–Kier alpha value is -3.95. The molecule has 11 atom stereocenters. The molecule has 1 saturated heterocycles. The number of hydrogen-bond acceptors (Lipinski definition) is 13. The molecule has 0 spiro atoms. The van der Waals surface area contributed by atoms with Crippen molar-refractivity contribution in [3.05, 3.63) is 54.6 Å². The number of likely N-dealkylation sites (N-methyl/N-ethyl adjacent to an activating group) is 1. The summed E-state index contributed by atoms with van der Waals surface area (Å²) in [5, 5.41) is 14.4. The summed E-state index contributed by atoms with van der Waals surface area (Å²) >= 11 is 0. The highest BCUT2D eigenvalue weighted by atomic mass is 16.7. The smallest absolute Gasteiger partial charge is 0.412 e. The van der Waals surface area contributed by atoms with Crippen molar-refractivity contribution in [1.29, 1.82) is 0 Å². The van der Waals surface area contributed by atoms with Crippen LogP contribution in [0.15, 0.2) is 54.6 Å². The largest absolute Gasteiger partial charge is 0.462 e. The quantitative estimate of drug-likeness (QED) is 0.216. The average Bonchev–Trinajstić information content (AvgIpc) is 3.05. The predicted octanol–water partition coefficient (Wildman–Crippen LogP) is 3.61. The van der Waals surface area contributed by atoms with Crippen LogP contribution in [-0.2, 0) is 47.6 Å². The average molecular weight is 717 g/mol. The Morgan fingerprint density at radius 1 is 1.04 bits per heavy atom. The standard InChI is InChI=1S/C37H52N2O12/c1-22-20-26(18-19-40)34(35(46-7)29(49-25(4)41)21-30(43)47-23(2)14-10-8-13-17-28(22)42)50-36-32(44)31(39(5)6)33(24(3)48-36)51-37(45)38-27-15-11-9-12-16-27/h8-13,15-17,19,22-24,26,29,31-36,44H,14,18,20-21H2,1-7H3,(H,38,45)/b10-8+,17-13+/t22-,23-,24-,26+,29-,31-,32-,33-,34+,35?,36+/m1/s1. The zero-order valence-electron chi connectivity index (χ0n) is 30.3. The van der Waals surface area contributed by atoms with E-state index >= 15 is 0 Å². The number of aliphatic hydroxyl groups is 1. The van der Waals surface area contributed by atoms with E-state index in [-0.39, 0.29) is 18.6 Å². The number of benzene rings is 1. The van der Waals surface area contributed by atoms with Gasteiger partial charge in [0.25, 0.3) is 0 Å². The number of para-hydroxylation sites is 1. The molecule has 2 aliphatic heterocycles. The third kappa shape index (κ3) is 12.4. The second-order valence-corrected chi connectivity index (χ2v) is 13.2. The van der Waals surface area contributed by atoms with E-state index < -0.39 is 91.3 Å². The molecule has 2 aliphatic rings. The van der Waals surface area contributed by atoms with Crippen LogP contribution in [0.2, 0.25) is 0 Å². The van der Waals surface area contributed by atoms with Crippen LogP contribution in [0, 0.1) is 11.8 Å². The van der Waals surface area contributed by atoms with Gasteiger partial charge in [-0.3, -0.25) is 19.7 Å². The van der Waals surface area contributed by atoms with Crippen molar-refractivity contribution in [3.63, 3.8) is 0 Å². The van der Waals surface area contributed by atoms with E-state index in [4.69, 9.17) is 28.4 Å². The summed E-state index contributed by atoms with van der Waals surface area (Å²) in [5.74, 6) is -2.89. The van der Waals surface area contributed by atoms with Crippen LogP contribution < -0.4 is 5.32 Å². The third-order valence-corrected chi connectivity index (χ3v) is 8.89. The molecule has 1 aromatic rings. The van der Waals surface area contributed by atoms with Gasteiger partial charge in [-0.15, -0.1) is 0 Å². The number of nitrogens with one attached hydrogen (secondary N) is 1. The second-order valence-electron chi connectivity index (χ2n) is 13.2. The van der Waals surface area contributed by atoms with Gasteiger partial charge in [-0.05, 0) is 58.5 Å². The van der Waals surface area contributed by atoms with Gasteiger partial charge >= 0.3 is 18.0 Å². The van der Waals surface area contributed by atoms with Crippen LogP contribution in [0.3, 0.4) is 0 Å². The molecule has 282 valence electrons. The maximum Gasteiger partial charge on any atom is 0.412 e. The first-order valence-electron chi connectivity index (χ1n) is 17.1. The van der Waals surface area contributed by atoms with Crippen LogP contribution >= 0.6 is 0 Å². The van der Waals surface area contributed by atoms with Crippen LogP contribution in [0.4, 0.5) is 10.5 Å². The number of ether oxygens (including phenoxy) is 6. The fourth-order valence-corrected chi connectivity index (χ4v) is 6.43. The third-order valence-electron chi connectivity index (χ3n) is 8.89. The number of cyclic esters (lactones) is 1. The number of nitrogens with zero attached hydrogens (tertiary/aromatic N) is 1. The number of anilines is 1. The van der Waals surface area contributed by atoms with E-state index in [1.54, 1.807) is 88.3 Å². The highest BCUT2D eigenvalue weighted by Gasteiger charge is 2.50. The van der Waals surface area contributed by atoms with Crippen molar-refractivity contribution in [2.75, 3.05) is 26.5 Å². The van der Waals surface area contributed by atoms with Crippen LogP contribution in [0.5, 0.6) is 0 Å².